The molecule has 1 unspecified atom stereocenters. The summed E-state index contributed by atoms with van der Waals surface area (Å²) in [7, 11) is 0. The van der Waals surface area contributed by atoms with Gasteiger partial charge >= 0.3 is 0 Å². The van der Waals surface area contributed by atoms with Crippen LogP contribution < -0.4 is 10.2 Å². The van der Waals surface area contributed by atoms with E-state index in [0.717, 1.165) is 11.3 Å². The number of amides is 2. The van der Waals surface area contributed by atoms with Gasteiger partial charge in [-0.15, -0.1) is 0 Å². The summed E-state index contributed by atoms with van der Waals surface area (Å²) in [6.45, 7) is 2.27. The van der Waals surface area contributed by atoms with Crippen molar-refractivity contribution in [2.75, 3.05) is 16.8 Å². The van der Waals surface area contributed by atoms with Crippen LogP contribution in [-0.4, -0.2) is 18.4 Å². The van der Waals surface area contributed by atoms with Gasteiger partial charge in [0.1, 0.15) is 0 Å². The molecule has 2 aromatic rings. The lowest BCUT2D eigenvalue weighted by molar-refractivity contribution is -0.122. The normalized spacial score (nSPS) is 17.2. The molecule has 6 heteroatoms. The van der Waals surface area contributed by atoms with Crippen molar-refractivity contribution in [1.29, 1.82) is 0 Å². The van der Waals surface area contributed by atoms with Crippen molar-refractivity contribution in [2.24, 2.45) is 5.92 Å². The Balaban J connectivity index is 1.73. The molecule has 0 saturated carbocycles. The number of rotatable bonds is 3. The molecule has 3 rings (SSSR count). The van der Waals surface area contributed by atoms with E-state index < -0.39 is 5.92 Å². The first-order chi connectivity index (χ1) is 11.5. The first-order valence-corrected chi connectivity index (χ1v) is 8.33. The van der Waals surface area contributed by atoms with Crippen LogP contribution in [0.15, 0.2) is 42.5 Å². The number of aryl methyl sites for hydroxylation is 1. The van der Waals surface area contributed by atoms with Gasteiger partial charge in [-0.25, -0.2) is 0 Å². The van der Waals surface area contributed by atoms with E-state index in [1.54, 1.807) is 18.2 Å². The zero-order valence-corrected chi connectivity index (χ0v) is 14.6. The fourth-order valence-electron chi connectivity index (χ4n) is 2.70. The molecule has 0 radical (unpaired) electrons. The van der Waals surface area contributed by atoms with Crippen molar-refractivity contribution in [3.8, 4) is 0 Å². The van der Waals surface area contributed by atoms with Crippen LogP contribution in [0.3, 0.4) is 0 Å². The highest BCUT2D eigenvalue weighted by atomic mass is 35.5. The topological polar surface area (TPSA) is 49.4 Å². The lowest BCUT2D eigenvalue weighted by Gasteiger charge is -2.18. The van der Waals surface area contributed by atoms with Crippen LogP contribution in [0.5, 0.6) is 0 Å². The van der Waals surface area contributed by atoms with Crippen LogP contribution in [0, 0.1) is 12.8 Å². The van der Waals surface area contributed by atoms with E-state index in [-0.39, 0.29) is 24.8 Å². The maximum atomic E-state index is 12.4. The van der Waals surface area contributed by atoms with Gasteiger partial charge in [0.2, 0.25) is 11.8 Å². The number of carbonyl (C=O) groups is 2. The maximum absolute atomic E-state index is 12.4. The number of anilines is 2. The summed E-state index contributed by atoms with van der Waals surface area (Å²) in [6, 6.07) is 12.7. The minimum absolute atomic E-state index is 0.136. The standard InChI is InChI=1S/C18H16Cl2N2O2/c1-11-5-7-13(8-6-11)21-18(24)12-9-16(23)22(10-12)15-4-2-3-14(19)17(15)20/h2-8,12H,9-10H2,1H3,(H,21,24). The Labute approximate surface area is 150 Å². The smallest absolute Gasteiger partial charge is 0.229 e. The minimum Gasteiger partial charge on any atom is -0.326 e. The molecule has 0 aliphatic carbocycles. The van der Waals surface area contributed by atoms with E-state index in [9.17, 15) is 9.59 Å². The third kappa shape index (κ3) is 3.40. The first kappa shape index (κ1) is 16.8. The van der Waals surface area contributed by atoms with Crippen LogP contribution in [0.2, 0.25) is 10.0 Å². The van der Waals surface area contributed by atoms with Gasteiger partial charge in [-0.3, -0.25) is 9.59 Å². The molecular weight excluding hydrogens is 347 g/mol. The molecule has 1 N–H and O–H groups in total. The lowest BCUT2D eigenvalue weighted by atomic mass is 10.1. The van der Waals surface area contributed by atoms with E-state index in [0.29, 0.717) is 15.7 Å². The van der Waals surface area contributed by atoms with Crippen LogP contribution in [-0.2, 0) is 9.59 Å². The molecule has 1 heterocycles. The van der Waals surface area contributed by atoms with E-state index in [2.05, 4.69) is 5.32 Å². The molecule has 0 bridgehead atoms. The fourth-order valence-corrected chi connectivity index (χ4v) is 3.10. The molecule has 1 saturated heterocycles. The number of nitrogens with zero attached hydrogens (tertiary/aromatic N) is 1. The Hall–Kier alpha value is -2.04. The number of benzene rings is 2. The van der Waals surface area contributed by atoms with Gasteiger partial charge in [-0.05, 0) is 31.2 Å². The Kier molecular flexibility index (Phi) is 4.78. The van der Waals surface area contributed by atoms with Gasteiger partial charge in [0.25, 0.3) is 0 Å². The summed E-state index contributed by atoms with van der Waals surface area (Å²) < 4.78 is 0. The quantitative estimate of drug-likeness (QED) is 0.884. The Morgan fingerprint density at radius 1 is 1.17 bits per heavy atom. The van der Waals surface area contributed by atoms with Crippen LogP contribution >= 0.6 is 23.2 Å². The van der Waals surface area contributed by atoms with Crippen LogP contribution in [0.4, 0.5) is 11.4 Å². The molecule has 1 aliphatic rings. The predicted molar refractivity (Wildman–Crippen MR) is 96.7 cm³/mol. The Morgan fingerprint density at radius 2 is 1.88 bits per heavy atom. The molecule has 4 nitrogen and oxygen atoms in total. The number of carbonyl (C=O) groups excluding carboxylic acids is 2. The monoisotopic (exact) mass is 362 g/mol. The van der Waals surface area contributed by atoms with Gasteiger partial charge in [-0.2, -0.15) is 0 Å². The van der Waals surface area contributed by atoms with E-state index >= 15 is 0 Å². The average molecular weight is 363 g/mol. The van der Waals surface area contributed by atoms with Crippen molar-refractivity contribution < 1.29 is 9.59 Å². The molecule has 0 spiro atoms. The van der Waals surface area contributed by atoms with Gasteiger partial charge in [0, 0.05) is 18.7 Å². The average Bonchev–Trinajstić information content (AvgIpc) is 2.94. The van der Waals surface area contributed by atoms with E-state index in [4.69, 9.17) is 23.2 Å². The van der Waals surface area contributed by atoms with Crippen molar-refractivity contribution >= 4 is 46.4 Å². The van der Waals surface area contributed by atoms with Crippen molar-refractivity contribution in [3.63, 3.8) is 0 Å². The molecule has 2 aromatic carbocycles. The maximum Gasteiger partial charge on any atom is 0.229 e. The van der Waals surface area contributed by atoms with Gasteiger partial charge < -0.3 is 10.2 Å². The zero-order valence-electron chi connectivity index (χ0n) is 13.1. The number of halogens is 2. The summed E-state index contributed by atoms with van der Waals surface area (Å²) >= 11 is 12.2. The van der Waals surface area contributed by atoms with Crippen LogP contribution in [0.25, 0.3) is 0 Å². The third-order valence-electron chi connectivity index (χ3n) is 4.04. The van der Waals surface area contributed by atoms with Crippen molar-refractivity contribution in [2.45, 2.75) is 13.3 Å². The second-order valence-electron chi connectivity index (χ2n) is 5.83. The third-order valence-corrected chi connectivity index (χ3v) is 4.85. The summed E-state index contributed by atoms with van der Waals surface area (Å²) in [5, 5.41) is 3.56. The number of nitrogens with one attached hydrogen (secondary N) is 1. The Morgan fingerprint density at radius 3 is 2.58 bits per heavy atom. The molecule has 0 aromatic heterocycles. The molecule has 2 amide bonds. The SMILES string of the molecule is Cc1ccc(NC(=O)C2CC(=O)N(c3cccc(Cl)c3Cl)C2)cc1. The lowest BCUT2D eigenvalue weighted by Crippen LogP contribution is -2.28. The number of hydrogen-bond acceptors (Lipinski definition) is 2. The predicted octanol–water partition coefficient (Wildman–Crippen LogP) is 4.29. The Bertz CT molecular complexity index is 790. The van der Waals surface area contributed by atoms with E-state index in [1.165, 1.54) is 4.90 Å². The summed E-state index contributed by atoms with van der Waals surface area (Å²) in [4.78, 5) is 26.2. The van der Waals surface area contributed by atoms with E-state index in [1.807, 2.05) is 31.2 Å². The minimum atomic E-state index is -0.422. The van der Waals surface area contributed by atoms with Crippen molar-refractivity contribution in [1.82, 2.24) is 0 Å². The summed E-state index contributed by atoms with van der Waals surface area (Å²) in [6.07, 6.45) is 0.153. The largest absolute Gasteiger partial charge is 0.326 e. The highest BCUT2D eigenvalue weighted by molar-refractivity contribution is 6.44. The molecule has 1 atom stereocenters. The highest BCUT2D eigenvalue weighted by Crippen LogP contribution is 2.35. The molecule has 24 heavy (non-hydrogen) atoms. The molecule has 1 aliphatic heterocycles. The summed E-state index contributed by atoms with van der Waals surface area (Å²) in [5.74, 6) is -0.732. The zero-order chi connectivity index (χ0) is 17.3. The molecule has 124 valence electrons. The van der Waals surface area contributed by atoms with Crippen LogP contribution in [0.1, 0.15) is 12.0 Å². The number of hydrogen-bond donors (Lipinski definition) is 1. The molecule has 1 fully saturated rings. The van der Waals surface area contributed by atoms with Crippen molar-refractivity contribution in [3.05, 3.63) is 58.1 Å². The van der Waals surface area contributed by atoms with Gasteiger partial charge in [0.15, 0.2) is 0 Å². The van der Waals surface area contributed by atoms with Gasteiger partial charge in [-0.1, -0.05) is 47.0 Å². The molecular formula is C18H16Cl2N2O2. The highest BCUT2D eigenvalue weighted by Gasteiger charge is 2.36. The summed E-state index contributed by atoms with van der Waals surface area (Å²) in [5.41, 5.74) is 2.38. The fraction of sp³-hybridized carbons (Fsp3) is 0.222. The second kappa shape index (κ2) is 6.83. The van der Waals surface area contributed by atoms with Gasteiger partial charge in [0.05, 0.1) is 21.7 Å². The first-order valence-electron chi connectivity index (χ1n) is 7.57. The second-order valence-corrected chi connectivity index (χ2v) is 6.62.